The average Bonchev–Trinajstić information content (AvgIpc) is 3.10. The van der Waals surface area contributed by atoms with Crippen molar-refractivity contribution in [2.45, 2.75) is 23.0 Å². The molecule has 0 spiro atoms. The number of hydrogen-bond acceptors (Lipinski definition) is 7. The molecule has 0 amide bonds. The van der Waals surface area contributed by atoms with Gasteiger partial charge in [0.15, 0.2) is 22.1 Å². The predicted molar refractivity (Wildman–Crippen MR) is 114 cm³/mol. The Kier molecular flexibility index (Phi) is 5.71. The molecule has 0 unspecified atom stereocenters. The van der Waals surface area contributed by atoms with Crippen molar-refractivity contribution in [1.82, 2.24) is 19.5 Å². The fourth-order valence-electron chi connectivity index (χ4n) is 3.10. The van der Waals surface area contributed by atoms with Crippen LogP contribution in [0.3, 0.4) is 0 Å². The van der Waals surface area contributed by atoms with Crippen LogP contribution in [0.1, 0.15) is 5.56 Å². The minimum Gasteiger partial charge on any atom is -0.497 e. The summed E-state index contributed by atoms with van der Waals surface area (Å²) in [4.78, 5) is 13.0. The van der Waals surface area contributed by atoms with Gasteiger partial charge in [0.25, 0.3) is 0 Å². The number of nitrogens with two attached hydrogens (primary N) is 1. The zero-order valence-corrected chi connectivity index (χ0v) is 17.3. The molecule has 0 fully saturated rings. The summed E-state index contributed by atoms with van der Waals surface area (Å²) in [5, 5.41) is 0.610. The van der Waals surface area contributed by atoms with Crippen molar-refractivity contribution in [3.05, 3.63) is 60.2 Å². The first-order chi connectivity index (χ1) is 14.6. The molecule has 2 aromatic carbocycles. The molecule has 0 aliphatic carbocycles. The lowest BCUT2D eigenvalue weighted by Gasteiger charge is -2.12. The number of nitrogen functional groups attached to an aromatic ring is 1. The smallest absolute Gasteiger partial charge is 0.312 e. The maximum absolute atomic E-state index is 13.9. The fraction of sp³-hybridized carbons (Fsp3) is 0.190. The Morgan fingerprint density at radius 3 is 2.57 bits per heavy atom. The summed E-state index contributed by atoms with van der Waals surface area (Å²) in [6.45, 7) is 0.547. The normalized spacial score (nSPS) is 11.0. The van der Waals surface area contributed by atoms with E-state index in [4.69, 9.17) is 15.2 Å². The maximum atomic E-state index is 13.9. The molecular weight excluding hydrogens is 405 g/mol. The van der Waals surface area contributed by atoms with Gasteiger partial charge in [-0.15, -0.1) is 0 Å². The van der Waals surface area contributed by atoms with Gasteiger partial charge < -0.3 is 19.8 Å². The number of ether oxygens (including phenoxy) is 2. The van der Waals surface area contributed by atoms with Gasteiger partial charge in [-0.05, 0) is 41.9 Å². The first-order valence-corrected chi connectivity index (χ1v) is 10.0. The topological polar surface area (TPSA) is 88.1 Å². The zero-order chi connectivity index (χ0) is 21.1. The summed E-state index contributed by atoms with van der Waals surface area (Å²) in [7, 11) is 3.20. The van der Waals surface area contributed by atoms with Crippen LogP contribution in [0.2, 0.25) is 0 Å². The minimum absolute atomic E-state index is 0.00965. The number of fused-ring (bicyclic) bond motifs is 1. The molecule has 0 bridgehead atoms. The molecule has 0 aliphatic heterocycles. The molecule has 2 aromatic heterocycles. The molecule has 2 N–H and O–H groups in total. The number of rotatable bonds is 7. The second-order valence-electron chi connectivity index (χ2n) is 6.45. The van der Waals surface area contributed by atoms with E-state index in [0.29, 0.717) is 34.4 Å². The van der Waals surface area contributed by atoms with Crippen molar-refractivity contribution in [1.29, 1.82) is 0 Å². The van der Waals surface area contributed by atoms with Gasteiger partial charge >= 0.3 is 6.08 Å². The summed E-state index contributed by atoms with van der Waals surface area (Å²) in [5.41, 5.74) is 7.80. The molecule has 4 rings (SSSR count). The molecule has 4 aromatic rings. The molecule has 2 heterocycles. The Morgan fingerprint density at radius 2 is 1.83 bits per heavy atom. The van der Waals surface area contributed by atoms with Crippen molar-refractivity contribution in [3.63, 3.8) is 0 Å². The lowest BCUT2D eigenvalue weighted by Crippen LogP contribution is -2.06. The van der Waals surface area contributed by atoms with Gasteiger partial charge in [-0.2, -0.15) is 14.4 Å². The summed E-state index contributed by atoms with van der Waals surface area (Å²) >= 11 is 1.37. The number of halogens is 1. The van der Waals surface area contributed by atoms with Crippen LogP contribution in [0.15, 0.2) is 58.6 Å². The lowest BCUT2D eigenvalue weighted by atomic mass is 10.1. The highest BCUT2D eigenvalue weighted by atomic mass is 32.2. The largest absolute Gasteiger partial charge is 0.497 e. The van der Waals surface area contributed by atoms with Gasteiger partial charge in [0, 0.05) is 6.54 Å². The molecular formula is C21H20FN5O2S. The van der Waals surface area contributed by atoms with Crippen molar-refractivity contribution < 1.29 is 13.9 Å². The van der Waals surface area contributed by atoms with Crippen LogP contribution >= 0.6 is 11.8 Å². The van der Waals surface area contributed by atoms with Crippen LogP contribution in [0, 0.1) is 6.08 Å². The fourth-order valence-corrected chi connectivity index (χ4v) is 4.15. The van der Waals surface area contributed by atoms with E-state index in [1.54, 1.807) is 14.2 Å². The number of imidazole rings is 1. The highest BCUT2D eigenvalue weighted by Gasteiger charge is 2.19. The first kappa shape index (κ1) is 20.0. The van der Waals surface area contributed by atoms with E-state index in [1.807, 2.05) is 53.1 Å². The SMILES string of the molecule is COc1ccc(OC)c(Sc2nc3c(N)nc(F)nc3n2CCc2ccccc2)c1. The van der Waals surface area contributed by atoms with Crippen molar-refractivity contribution in [3.8, 4) is 11.5 Å². The highest BCUT2D eigenvalue weighted by Crippen LogP contribution is 2.38. The van der Waals surface area contributed by atoms with E-state index < -0.39 is 6.08 Å². The van der Waals surface area contributed by atoms with Crippen LogP contribution in [-0.4, -0.2) is 33.7 Å². The van der Waals surface area contributed by atoms with E-state index in [2.05, 4.69) is 15.0 Å². The first-order valence-electron chi connectivity index (χ1n) is 9.22. The molecule has 0 saturated carbocycles. The van der Waals surface area contributed by atoms with Gasteiger partial charge in [-0.3, -0.25) is 0 Å². The third kappa shape index (κ3) is 4.02. The predicted octanol–water partition coefficient (Wildman–Crippen LogP) is 3.96. The van der Waals surface area contributed by atoms with Crippen LogP contribution in [0.4, 0.5) is 10.2 Å². The summed E-state index contributed by atoms with van der Waals surface area (Å²) < 4.78 is 26.6. The summed E-state index contributed by atoms with van der Waals surface area (Å²) in [6, 6.07) is 15.5. The van der Waals surface area contributed by atoms with E-state index >= 15 is 0 Å². The maximum Gasteiger partial charge on any atom is 0.312 e. The Labute approximate surface area is 177 Å². The Hall–Kier alpha value is -3.33. The summed E-state index contributed by atoms with van der Waals surface area (Å²) in [5.74, 6) is 1.37. The number of anilines is 1. The Balaban J connectivity index is 1.78. The number of aromatic nitrogens is 4. The number of hydrogen-bond donors (Lipinski definition) is 1. The van der Waals surface area contributed by atoms with Gasteiger partial charge in [-0.1, -0.05) is 30.3 Å². The zero-order valence-electron chi connectivity index (χ0n) is 16.5. The third-order valence-electron chi connectivity index (χ3n) is 4.60. The number of nitrogens with zero attached hydrogens (tertiary/aromatic N) is 4. The number of benzene rings is 2. The van der Waals surface area contributed by atoms with E-state index in [-0.39, 0.29) is 5.82 Å². The molecule has 30 heavy (non-hydrogen) atoms. The molecule has 0 aliphatic rings. The van der Waals surface area contributed by atoms with E-state index in [0.717, 1.165) is 16.9 Å². The average molecular weight is 425 g/mol. The molecule has 0 saturated heterocycles. The summed E-state index contributed by atoms with van der Waals surface area (Å²) in [6.07, 6.45) is -0.156. The lowest BCUT2D eigenvalue weighted by molar-refractivity contribution is 0.394. The van der Waals surface area contributed by atoms with Crippen molar-refractivity contribution in [2.75, 3.05) is 20.0 Å². The Bertz CT molecular complexity index is 1180. The molecule has 0 atom stereocenters. The number of methoxy groups -OCH3 is 2. The van der Waals surface area contributed by atoms with Crippen LogP contribution in [0.25, 0.3) is 11.2 Å². The monoisotopic (exact) mass is 425 g/mol. The standard InChI is InChI=1S/C21H20FN5O2S/c1-28-14-8-9-15(29-2)16(12-14)30-21-24-17-18(23)25-20(22)26-19(17)27(21)11-10-13-6-4-3-5-7-13/h3-9,12H,10-11H2,1-2H3,(H2,23,25,26). The van der Waals surface area contributed by atoms with Gasteiger partial charge in [0.1, 0.15) is 11.5 Å². The minimum atomic E-state index is -0.878. The van der Waals surface area contributed by atoms with Crippen LogP contribution in [0.5, 0.6) is 11.5 Å². The van der Waals surface area contributed by atoms with E-state index in [1.165, 1.54) is 11.8 Å². The van der Waals surface area contributed by atoms with Crippen molar-refractivity contribution >= 4 is 28.7 Å². The molecule has 9 heteroatoms. The quantitative estimate of drug-likeness (QED) is 0.448. The third-order valence-corrected chi connectivity index (χ3v) is 5.63. The molecule has 0 radical (unpaired) electrons. The van der Waals surface area contributed by atoms with Gasteiger partial charge in [-0.25, -0.2) is 4.98 Å². The number of aryl methyl sites for hydroxylation is 2. The van der Waals surface area contributed by atoms with Crippen LogP contribution in [-0.2, 0) is 13.0 Å². The van der Waals surface area contributed by atoms with E-state index in [9.17, 15) is 4.39 Å². The molecule has 7 nitrogen and oxygen atoms in total. The Morgan fingerprint density at radius 1 is 1.03 bits per heavy atom. The second kappa shape index (κ2) is 8.58. The van der Waals surface area contributed by atoms with Gasteiger partial charge in [0.05, 0.1) is 19.1 Å². The van der Waals surface area contributed by atoms with Gasteiger partial charge in [0.2, 0.25) is 0 Å². The second-order valence-corrected chi connectivity index (χ2v) is 7.46. The van der Waals surface area contributed by atoms with Crippen LogP contribution < -0.4 is 15.2 Å². The molecule has 154 valence electrons. The highest BCUT2D eigenvalue weighted by molar-refractivity contribution is 7.99. The van der Waals surface area contributed by atoms with Crippen molar-refractivity contribution in [2.24, 2.45) is 0 Å².